The van der Waals surface area contributed by atoms with E-state index in [1.807, 2.05) is 18.3 Å². The van der Waals surface area contributed by atoms with Crippen LogP contribution in [-0.4, -0.2) is 25.0 Å². The summed E-state index contributed by atoms with van der Waals surface area (Å²) in [4.78, 5) is 15.3. The number of carbonyl (C=O) groups excluding carboxylic acids is 1. The van der Waals surface area contributed by atoms with Gasteiger partial charge in [0.25, 0.3) is 0 Å². The Hall–Kier alpha value is -2.82. The molecule has 1 amide bonds. The van der Waals surface area contributed by atoms with Crippen molar-refractivity contribution in [2.45, 2.75) is 33.6 Å². The normalized spacial score (nSPS) is 11.3. The third kappa shape index (κ3) is 4.05. The molecule has 3 aromatic rings. The van der Waals surface area contributed by atoms with E-state index in [0.717, 1.165) is 17.5 Å². The number of carbonyl (C=O) groups is 1. The summed E-state index contributed by atoms with van der Waals surface area (Å²) in [5.74, 6) is -0.0718. The topological polar surface area (TPSA) is 57.2 Å². The highest BCUT2D eigenvalue weighted by atomic mass is 16.2. The van der Waals surface area contributed by atoms with Crippen LogP contribution >= 0.6 is 0 Å². The molecule has 132 valence electrons. The fraction of sp³-hybridized carbons (Fsp3) is 0.238. The van der Waals surface area contributed by atoms with Crippen LogP contribution in [0.2, 0.25) is 0 Å². The van der Waals surface area contributed by atoms with Crippen molar-refractivity contribution in [1.82, 2.24) is 10.4 Å². The summed E-state index contributed by atoms with van der Waals surface area (Å²) in [6, 6.07) is 10.4. The summed E-state index contributed by atoms with van der Waals surface area (Å²) >= 11 is 0. The average Bonchev–Trinajstić information content (AvgIpc) is 2.94. The minimum Gasteiger partial charge on any atom is -0.362 e. The number of nitrogens with one attached hydrogen (secondary N) is 2. The Balaban J connectivity index is 1.57. The molecule has 5 heteroatoms. The molecule has 0 unspecified atom stereocenters. The van der Waals surface area contributed by atoms with Gasteiger partial charge in [-0.15, -0.1) is 0 Å². The predicted octanol–water partition coefficient (Wildman–Crippen LogP) is 2.43. The van der Waals surface area contributed by atoms with E-state index in [4.69, 9.17) is 0 Å². The summed E-state index contributed by atoms with van der Waals surface area (Å²) in [5.41, 5.74) is 10.9. The lowest BCUT2D eigenvalue weighted by molar-refractivity contribution is -0.121. The van der Waals surface area contributed by atoms with E-state index in [1.165, 1.54) is 33.1 Å². The van der Waals surface area contributed by atoms with Crippen LogP contribution in [0.5, 0.6) is 0 Å². The second kappa shape index (κ2) is 7.60. The Morgan fingerprint density at radius 2 is 1.92 bits per heavy atom. The predicted molar refractivity (Wildman–Crippen MR) is 111 cm³/mol. The highest BCUT2D eigenvalue weighted by Gasteiger charge is 2.07. The van der Waals surface area contributed by atoms with E-state index in [-0.39, 0.29) is 5.91 Å². The first-order chi connectivity index (χ1) is 12.4. The standard InChI is InChI=1S/C21H24BN3O/c1-13-8-14(2)17(15(3)9-13)6-7-21(26)25-24-11-16-4-5-18-19(22)12-23-20(18)10-16/h4-5,8-12,23H,6-7,22H2,1-3H3,(H,25,26)/b24-11+. The monoisotopic (exact) mass is 345 g/mol. The van der Waals surface area contributed by atoms with E-state index in [9.17, 15) is 4.79 Å². The number of hydrogen-bond acceptors (Lipinski definition) is 2. The molecule has 0 saturated carbocycles. The minimum absolute atomic E-state index is 0.0718. The number of amides is 1. The SMILES string of the molecule is Bc1c[nH]c2cc(/C=N/NC(=O)CCc3c(C)cc(C)cc3C)ccc12. The van der Waals surface area contributed by atoms with E-state index >= 15 is 0 Å². The van der Waals surface area contributed by atoms with E-state index < -0.39 is 0 Å². The first-order valence-electron chi connectivity index (χ1n) is 8.90. The van der Waals surface area contributed by atoms with E-state index in [2.05, 4.69) is 62.3 Å². The van der Waals surface area contributed by atoms with Gasteiger partial charge in [0.15, 0.2) is 0 Å². The molecule has 2 N–H and O–H groups in total. The molecule has 1 heterocycles. The van der Waals surface area contributed by atoms with Gasteiger partial charge in [-0.1, -0.05) is 35.3 Å². The molecular weight excluding hydrogens is 321 g/mol. The van der Waals surface area contributed by atoms with Gasteiger partial charge in [0.05, 0.1) is 6.21 Å². The maximum Gasteiger partial charge on any atom is 0.240 e. The Labute approximate surface area is 155 Å². The molecule has 0 atom stereocenters. The third-order valence-corrected chi connectivity index (χ3v) is 4.76. The van der Waals surface area contributed by atoms with Gasteiger partial charge >= 0.3 is 0 Å². The zero-order valence-corrected chi connectivity index (χ0v) is 15.8. The molecule has 0 aliphatic rings. The van der Waals surface area contributed by atoms with Crippen LogP contribution in [0.1, 0.15) is 34.2 Å². The second-order valence-electron chi connectivity index (χ2n) is 6.95. The van der Waals surface area contributed by atoms with Crippen molar-refractivity contribution in [3.63, 3.8) is 0 Å². The van der Waals surface area contributed by atoms with Crippen LogP contribution in [0.15, 0.2) is 41.6 Å². The molecular formula is C21H24BN3O. The number of hydrogen-bond donors (Lipinski definition) is 2. The van der Waals surface area contributed by atoms with E-state index in [1.54, 1.807) is 6.21 Å². The van der Waals surface area contributed by atoms with Crippen LogP contribution in [0.4, 0.5) is 0 Å². The molecule has 0 radical (unpaired) electrons. The largest absolute Gasteiger partial charge is 0.362 e. The molecule has 4 nitrogen and oxygen atoms in total. The lowest BCUT2D eigenvalue weighted by Crippen LogP contribution is -2.18. The third-order valence-electron chi connectivity index (χ3n) is 4.76. The Morgan fingerprint density at radius 3 is 2.65 bits per heavy atom. The summed E-state index contributed by atoms with van der Waals surface area (Å²) in [7, 11) is 2.07. The lowest BCUT2D eigenvalue weighted by Gasteiger charge is -2.10. The zero-order chi connectivity index (χ0) is 18.7. The number of H-pyrrole nitrogens is 1. The van der Waals surface area contributed by atoms with Crippen LogP contribution in [0.25, 0.3) is 10.9 Å². The first-order valence-corrected chi connectivity index (χ1v) is 8.90. The fourth-order valence-corrected chi connectivity index (χ4v) is 3.45. The molecule has 0 aliphatic carbocycles. The van der Waals surface area contributed by atoms with Gasteiger partial charge in [-0.3, -0.25) is 4.79 Å². The van der Waals surface area contributed by atoms with Crippen LogP contribution in [-0.2, 0) is 11.2 Å². The molecule has 0 fully saturated rings. The van der Waals surface area contributed by atoms with Crippen LogP contribution in [0.3, 0.4) is 0 Å². The van der Waals surface area contributed by atoms with E-state index in [0.29, 0.717) is 6.42 Å². The molecule has 2 aromatic carbocycles. The smallest absolute Gasteiger partial charge is 0.240 e. The van der Waals surface area contributed by atoms with Gasteiger partial charge < -0.3 is 4.98 Å². The second-order valence-corrected chi connectivity index (χ2v) is 6.95. The van der Waals surface area contributed by atoms with Gasteiger partial charge in [0.1, 0.15) is 7.85 Å². The Kier molecular flexibility index (Phi) is 5.26. The number of aryl methyl sites for hydroxylation is 3. The highest BCUT2D eigenvalue weighted by molar-refractivity contribution is 6.38. The van der Waals surface area contributed by atoms with Gasteiger partial charge in [0.2, 0.25) is 5.91 Å². The number of fused-ring (bicyclic) bond motifs is 1. The average molecular weight is 345 g/mol. The quantitative estimate of drug-likeness (QED) is 0.417. The number of nitrogens with zero attached hydrogens (tertiary/aromatic N) is 1. The van der Waals surface area contributed by atoms with Crippen LogP contribution in [0, 0.1) is 20.8 Å². The van der Waals surface area contributed by atoms with Crippen molar-refractivity contribution in [1.29, 1.82) is 0 Å². The number of hydrazone groups is 1. The van der Waals surface area contributed by atoms with Gasteiger partial charge in [-0.2, -0.15) is 5.10 Å². The Morgan fingerprint density at radius 1 is 1.19 bits per heavy atom. The van der Waals surface area contributed by atoms with Crippen LogP contribution < -0.4 is 10.9 Å². The summed E-state index contributed by atoms with van der Waals surface area (Å²) in [6.45, 7) is 6.30. The molecule has 0 aliphatic heterocycles. The lowest BCUT2D eigenvalue weighted by atomic mass is 9.95. The number of aromatic amines is 1. The fourth-order valence-electron chi connectivity index (χ4n) is 3.45. The van der Waals surface area contributed by atoms with Gasteiger partial charge in [-0.05, 0) is 67.1 Å². The van der Waals surface area contributed by atoms with Crippen molar-refractivity contribution in [2.24, 2.45) is 5.10 Å². The van der Waals surface area contributed by atoms with Gasteiger partial charge in [0, 0.05) is 11.9 Å². The molecule has 26 heavy (non-hydrogen) atoms. The highest BCUT2D eigenvalue weighted by Crippen LogP contribution is 2.18. The van der Waals surface area contributed by atoms with Crippen molar-refractivity contribution in [3.8, 4) is 0 Å². The first kappa shape index (κ1) is 18.0. The molecule has 0 bridgehead atoms. The summed E-state index contributed by atoms with van der Waals surface area (Å²) < 4.78 is 0. The van der Waals surface area contributed by atoms with Crippen molar-refractivity contribution >= 4 is 36.3 Å². The summed E-state index contributed by atoms with van der Waals surface area (Å²) in [6.07, 6.45) is 4.82. The molecule has 0 saturated heterocycles. The zero-order valence-electron chi connectivity index (χ0n) is 15.8. The van der Waals surface area contributed by atoms with Crippen molar-refractivity contribution in [3.05, 3.63) is 64.3 Å². The van der Waals surface area contributed by atoms with Crippen molar-refractivity contribution < 1.29 is 4.79 Å². The Bertz CT molecular complexity index is 965. The number of aromatic nitrogens is 1. The molecule has 1 aromatic heterocycles. The molecule has 3 rings (SSSR count). The maximum absolute atomic E-state index is 12.1. The van der Waals surface area contributed by atoms with Crippen molar-refractivity contribution in [2.75, 3.05) is 0 Å². The summed E-state index contributed by atoms with van der Waals surface area (Å²) in [5, 5.41) is 5.29. The van der Waals surface area contributed by atoms with Gasteiger partial charge in [-0.25, -0.2) is 5.43 Å². The number of rotatable bonds is 5. The molecule has 0 spiro atoms. The number of benzene rings is 2. The maximum atomic E-state index is 12.1. The minimum atomic E-state index is -0.0718.